The van der Waals surface area contributed by atoms with Gasteiger partial charge in [-0.3, -0.25) is 4.68 Å². The van der Waals surface area contributed by atoms with Crippen LogP contribution in [0.5, 0.6) is 0 Å². The van der Waals surface area contributed by atoms with E-state index in [-0.39, 0.29) is 0 Å². The second-order valence-corrected chi connectivity index (χ2v) is 5.27. The lowest BCUT2D eigenvalue weighted by atomic mass is 10.3. The van der Waals surface area contributed by atoms with Gasteiger partial charge >= 0.3 is 0 Å². The standard InChI is InChI=1S/C13H15N5S/c1-3-14-12-10-4-5-19-13(10)17-11(16-12)8-18-7-9(2)6-15-18/h4-7H,3,8H2,1-2H3,(H,14,16,17). The van der Waals surface area contributed by atoms with Crippen LogP contribution >= 0.6 is 11.3 Å². The van der Waals surface area contributed by atoms with E-state index in [0.29, 0.717) is 6.54 Å². The average Bonchev–Trinajstić information content (AvgIpc) is 2.99. The lowest BCUT2D eigenvalue weighted by molar-refractivity contribution is 0.658. The first-order valence-electron chi connectivity index (χ1n) is 6.23. The van der Waals surface area contributed by atoms with Crippen molar-refractivity contribution >= 4 is 27.4 Å². The fraction of sp³-hybridized carbons (Fsp3) is 0.308. The van der Waals surface area contributed by atoms with E-state index in [2.05, 4.69) is 33.4 Å². The predicted octanol–water partition coefficient (Wildman–Crippen LogP) is 2.68. The van der Waals surface area contributed by atoms with Crippen molar-refractivity contribution in [3.63, 3.8) is 0 Å². The SMILES string of the molecule is CCNc1nc(Cn2cc(C)cn2)nc2sccc12. The van der Waals surface area contributed by atoms with E-state index < -0.39 is 0 Å². The summed E-state index contributed by atoms with van der Waals surface area (Å²) in [5, 5.41) is 10.7. The monoisotopic (exact) mass is 273 g/mol. The van der Waals surface area contributed by atoms with Crippen molar-refractivity contribution in [3.05, 3.63) is 35.2 Å². The Morgan fingerprint density at radius 3 is 3.00 bits per heavy atom. The van der Waals surface area contributed by atoms with Gasteiger partial charge in [-0.25, -0.2) is 9.97 Å². The van der Waals surface area contributed by atoms with Gasteiger partial charge in [0.05, 0.1) is 11.6 Å². The first kappa shape index (κ1) is 12.1. The summed E-state index contributed by atoms with van der Waals surface area (Å²) in [7, 11) is 0. The van der Waals surface area contributed by atoms with Crippen LogP contribution in [0.1, 0.15) is 18.3 Å². The highest BCUT2D eigenvalue weighted by atomic mass is 32.1. The van der Waals surface area contributed by atoms with Crippen LogP contribution in [0.3, 0.4) is 0 Å². The lowest BCUT2D eigenvalue weighted by Gasteiger charge is -2.07. The summed E-state index contributed by atoms with van der Waals surface area (Å²) in [6, 6.07) is 2.06. The summed E-state index contributed by atoms with van der Waals surface area (Å²) in [5.41, 5.74) is 1.14. The first-order chi connectivity index (χ1) is 9.26. The Bertz CT molecular complexity index is 700. The number of rotatable bonds is 4. The molecule has 0 unspecified atom stereocenters. The molecule has 3 rings (SSSR count). The van der Waals surface area contributed by atoms with Crippen molar-refractivity contribution in [2.45, 2.75) is 20.4 Å². The van der Waals surface area contributed by atoms with Crippen molar-refractivity contribution < 1.29 is 0 Å². The van der Waals surface area contributed by atoms with E-state index in [1.165, 1.54) is 0 Å². The fourth-order valence-electron chi connectivity index (χ4n) is 1.97. The number of aromatic nitrogens is 4. The highest BCUT2D eigenvalue weighted by Gasteiger charge is 2.09. The van der Waals surface area contributed by atoms with Crippen molar-refractivity contribution in [2.75, 3.05) is 11.9 Å². The van der Waals surface area contributed by atoms with Crippen LogP contribution < -0.4 is 5.32 Å². The smallest absolute Gasteiger partial charge is 0.153 e. The fourth-order valence-corrected chi connectivity index (χ4v) is 2.75. The predicted molar refractivity (Wildman–Crippen MR) is 77.6 cm³/mol. The Balaban J connectivity index is 1.98. The molecule has 19 heavy (non-hydrogen) atoms. The van der Waals surface area contributed by atoms with Crippen molar-refractivity contribution in [2.24, 2.45) is 0 Å². The van der Waals surface area contributed by atoms with Gasteiger partial charge in [0, 0.05) is 12.7 Å². The molecule has 0 aliphatic rings. The topological polar surface area (TPSA) is 55.6 Å². The number of fused-ring (bicyclic) bond motifs is 1. The molecule has 0 amide bonds. The van der Waals surface area contributed by atoms with Gasteiger partial charge < -0.3 is 5.32 Å². The molecule has 0 saturated carbocycles. The van der Waals surface area contributed by atoms with E-state index in [0.717, 1.165) is 34.0 Å². The van der Waals surface area contributed by atoms with Gasteiger partial charge in [0.15, 0.2) is 5.82 Å². The summed E-state index contributed by atoms with van der Waals surface area (Å²) in [6.45, 7) is 5.54. The Kier molecular flexibility index (Phi) is 3.16. The van der Waals surface area contributed by atoms with Gasteiger partial charge in [0.25, 0.3) is 0 Å². The van der Waals surface area contributed by atoms with E-state index in [9.17, 15) is 0 Å². The summed E-state index contributed by atoms with van der Waals surface area (Å²) in [5.74, 6) is 1.70. The molecule has 0 aromatic carbocycles. The molecule has 0 atom stereocenters. The summed E-state index contributed by atoms with van der Waals surface area (Å²) < 4.78 is 1.86. The normalized spacial score (nSPS) is 11.1. The Hall–Kier alpha value is -1.95. The Morgan fingerprint density at radius 2 is 2.26 bits per heavy atom. The molecule has 0 saturated heterocycles. The van der Waals surface area contributed by atoms with Gasteiger partial charge in [-0.05, 0) is 30.9 Å². The summed E-state index contributed by atoms with van der Waals surface area (Å²) in [6.07, 6.45) is 3.84. The van der Waals surface area contributed by atoms with Crippen molar-refractivity contribution in [1.29, 1.82) is 0 Å². The number of aryl methyl sites for hydroxylation is 1. The van der Waals surface area contributed by atoms with Crippen LogP contribution in [0.2, 0.25) is 0 Å². The van der Waals surface area contributed by atoms with Gasteiger partial charge in [-0.15, -0.1) is 11.3 Å². The second kappa shape index (κ2) is 4.97. The highest BCUT2D eigenvalue weighted by Crippen LogP contribution is 2.25. The number of thiophene rings is 1. The van der Waals surface area contributed by atoms with Crippen molar-refractivity contribution in [1.82, 2.24) is 19.7 Å². The van der Waals surface area contributed by atoms with E-state index in [1.807, 2.05) is 29.4 Å². The highest BCUT2D eigenvalue weighted by molar-refractivity contribution is 7.16. The minimum atomic E-state index is 0.597. The molecule has 5 nitrogen and oxygen atoms in total. The van der Waals surface area contributed by atoms with Crippen LogP contribution in [0, 0.1) is 6.92 Å². The number of hydrogen-bond acceptors (Lipinski definition) is 5. The maximum absolute atomic E-state index is 4.59. The molecule has 0 spiro atoms. The van der Waals surface area contributed by atoms with Crippen LogP contribution in [0.25, 0.3) is 10.2 Å². The number of hydrogen-bond donors (Lipinski definition) is 1. The minimum Gasteiger partial charge on any atom is -0.370 e. The first-order valence-corrected chi connectivity index (χ1v) is 7.11. The molecule has 0 radical (unpaired) electrons. The molecule has 0 aliphatic heterocycles. The molecule has 0 fully saturated rings. The Labute approximate surface area is 115 Å². The molecule has 3 aromatic rings. The quantitative estimate of drug-likeness (QED) is 0.794. The van der Waals surface area contributed by atoms with Crippen LogP contribution in [-0.2, 0) is 6.54 Å². The van der Waals surface area contributed by atoms with Gasteiger partial charge in [0.1, 0.15) is 17.2 Å². The zero-order valence-corrected chi connectivity index (χ0v) is 11.7. The Morgan fingerprint density at radius 1 is 1.37 bits per heavy atom. The number of nitrogens with zero attached hydrogens (tertiary/aromatic N) is 4. The maximum Gasteiger partial charge on any atom is 0.153 e. The molecule has 3 aromatic heterocycles. The molecule has 0 bridgehead atoms. The van der Waals surface area contributed by atoms with Crippen LogP contribution in [0.15, 0.2) is 23.8 Å². The molecular weight excluding hydrogens is 258 g/mol. The molecule has 98 valence electrons. The van der Waals surface area contributed by atoms with Gasteiger partial charge in [0.2, 0.25) is 0 Å². The summed E-state index contributed by atoms with van der Waals surface area (Å²) in [4.78, 5) is 10.2. The summed E-state index contributed by atoms with van der Waals surface area (Å²) >= 11 is 1.64. The van der Waals surface area contributed by atoms with Crippen LogP contribution in [-0.4, -0.2) is 26.3 Å². The third kappa shape index (κ3) is 2.44. The maximum atomic E-state index is 4.59. The largest absolute Gasteiger partial charge is 0.370 e. The minimum absolute atomic E-state index is 0.597. The second-order valence-electron chi connectivity index (χ2n) is 4.37. The zero-order valence-electron chi connectivity index (χ0n) is 10.9. The third-order valence-corrected chi connectivity index (χ3v) is 3.59. The molecule has 1 N–H and O–H groups in total. The van der Waals surface area contributed by atoms with Gasteiger partial charge in [-0.1, -0.05) is 0 Å². The van der Waals surface area contributed by atoms with Crippen molar-refractivity contribution in [3.8, 4) is 0 Å². The molecule has 6 heteroatoms. The van der Waals surface area contributed by atoms with E-state index in [4.69, 9.17) is 0 Å². The zero-order chi connectivity index (χ0) is 13.2. The van der Waals surface area contributed by atoms with E-state index in [1.54, 1.807) is 11.3 Å². The number of nitrogens with one attached hydrogen (secondary N) is 1. The molecule has 0 aliphatic carbocycles. The lowest BCUT2D eigenvalue weighted by Crippen LogP contribution is -2.08. The average molecular weight is 273 g/mol. The van der Waals surface area contributed by atoms with Crippen LogP contribution in [0.4, 0.5) is 5.82 Å². The molecule has 3 heterocycles. The van der Waals surface area contributed by atoms with E-state index >= 15 is 0 Å². The third-order valence-electron chi connectivity index (χ3n) is 2.78. The molecular formula is C13H15N5S. The van der Waals surface area contributed by atoms with Gasteiger partial charge in [-0.2, -0.15) is 5.10 Å². The number of anilines is 1.